The second-order valence-electron chi connectivity index (χ2n) is 6.16. The predicted octanol–water partition coefficient (Wildman–Crippen LogP) is -0.669. The molecule has 2 aromatic heterocycles. The third-order valence-electron chi connectivity index (χ3n) is 4.35. The molecule has 1 aliphatic rings. The van der Waals surface area contributed by atoms with Gasteiger partial charge in [0.15, 0.2) is 0 Å². The summed E-state index contributed by atoms with van der Waals surface area (Å²) < 4.78 is 30.6. The van der Waals surface area contributed by atoms with Gasteiger partial charge in [0.25, 0.3) is 5.91 Å². The molecule has 3 N–H and O–H groups in total. The minimum absolute atomic E-state index is 0.0665. The summed E-state index contributed by atoms with van der Waals surface area (Å²) >= 11 is 0. The highest BCUT2D eigenvalue weighted by molar-refractivity contribution is 7.89. The number of rotatable bonds is 5. The molecule has 1 saturated heterocycles. The van der Waals surface area contributed by atoms with Gasteiger partial charge < -0.3 is 10.3 Å². The Morgan fingerprint density at radius 3 is 2.69 bits per heavy atom. The Labute approximate surface area is 150 Å². The Balaban J connectivity index is 1.83. The predicted molar refractivity (Wildman–Crippen MR) is 92.8 cm³/mol. The smallest absolute Gasteiger partial charge is 0.265 e. The van der Waals surface area contributed by atoms with Gasteiger partial charge in [0.05, 0.1) is 6.20 Å². The molecule has 1 atom stereocenters. The number of carbonyl (C=O) groups is 2. The van der Waals surface area contributed by atoms with E-state index in [4.69, 9.17) is 5.73 Å². The first-order chi connectivity index (χ1) is 12.2. The van der Waals surface area contributed by atoms with Gasteiger partial charge in [-0.2, -0.15) is 9.82 Å². The van der Waals surface area contributed by atoms with Gasteiger partial charge in [0.1, 0.15) is 22.4 Å². The molecule has 3 rings (SSSR count). The van der Waals surface area contributed by atoms with Gasteiger partial charge in [0.2, 0.25) is 15.9 Å². The lowest BCUT2D eigenvalue weighted by atomic mass is 10.1. The number of amides is 2. The van der Waals surface area contributed by atoms with Crippen LogP contribution in [0.2, 0.25) is 0 Å². The van der Waals surface area contributed by atoms with E-state index in [-0.39, 0.29) is 16.5 Å². The zero-order valence-electron chi connectivity index (χ0n) is 14.4. The Morgan fingerprint density at radius 2 is 2.12 bits per heavy atom. The van der Waals surface area contributed by atoms with Crippen molar-refractivity contribution in [2.24, 2.45) is 19.8 Å². The second-order valence-corrected chi connectivity index (χ2v) is 7.87. The van der Waals surface area contributed by atoms with E-state index in [0.29, 0.717) is 25.2 Å². The Kier molecular flexibility index (Phi) is 4.59. The molecule has 2 aromatic rings. The number of nitrogens with zero attached hydrogens (tertiary/aromatic N) is 4. The zero-order valence-corrected chi connectivity index (χ0v) is 15.2. The molecule has 0 aliphatic carbocycles. The van der Waals surface area contributed by atoms with E-state index in [0.717, 1.165) is 0 Å². The molecule has 0 saturated carbocycles. The number of nitrogens with one attached hydrogen (secondary N) is 1. The van der Waals surface area contributed by atoms with Crippen LogP contribution in [-0.4, -0.2) is 47.2 Å². The molecule has 10 nitrogen and oxygen atoms in total. The first-order valence-electron chi connectivity index (χ1n) is 7.98. The number of anilines is 1. The quantitative estimate of drug-likeness (QED) is 0.710. The number of nitrogens with two attached hydrogens (primary N) is 1. The monoisotopic (exact) mass is 380 g/mol. The maximum absolute atomic E-state index is 12.7. The molecule has 1 aliphatic heterocycles. The van der Waals surface area contributed by atoms with E-state index >= 15 is 0 Å². The number of aryl methyl sites for hydroxylation is 2. The molecular weight excluding hydrogens is 360 g/mol. The standard InChI is InChI=1S/C15H20N6O4S/c1-19-9-10(8-12(19)14(16)22)26(24,25)18-11-4-3-7-21(15(11)23)13-5-6-17-20(13)2/h5-6,8-9,11,18H,3-4,7H2,1-2H3,(H2,16,22)/t11-/m0/s1. The van der Waals surface area contributed by atoms with Crippen molar-refractivity contribution < 1.29 is 18.0 Å². The lowest BCUT2D eigenvalue weighted by Crippen LogP contribution is -2.52. The van der Waals surface area contributed by atoms with Gasteiger partial charge in [-0.1, -0.05) is 0 Å². The number of sulfonamides is 1. The summed E-state index contributed by atoms with van der Waals surface area (Å²) in [6, 6.07) is 2.00. The Bertz CT molecular complexity index is 961. The normalized spacial score (nSPS) is 18.3. The zero-order chi connectivity index (χ0) is 19.1. The van der Waals surface area contributed by atoms with Crippen LogP contribution in [0.15, 0.2) is 29.4 Å². The van der Waals surface area contributed by atoms with Gasteiger partial charge in [0, 0.05) is 32.9 Å². The Morgan fingerprint density at radius 1 is 1.38 bits per heavy atom. The molecule has 1 fully saturated rings. The topological polar surface area (TPSA) is 132 Å². The average Bonchev–Trinajstić information content (AvgIpc) is 3.15. The van der Waals surface area contributed by atoms with Crippen molar-refractivity contribution in [1.29, 1.82) is 0 Å². The van der Waals surface area contributed by atoms with E-state index < -0.39 is 22.0 Å². The van der Waals surface area contributed by atoms with Gasteiger partial charge in [-0.05, 0) is 18.9 Å². The molecule has 0 bridgehead atoms. The van der Waals surface area contributed by atoms with E-state index in [1.54, 1.807) is 24.0 Å². The van der Waals surface area contributed by atoms with E-state index in [2.05, 4.69) is 9.82 Å². The highest BCUT2D eigenvalue weighted by atomic mass is 32.2. The van der Waals surface area contributed by atoms with Crippen LogP contribution in [0.3, 0.4) is 0 Å². The summed E-state index contributed by atoms with van der Waals surface area (Å²) in [5, 5.41) is 4.04. The second kappa shape index (κ2) is 6.57. The van der Waals surface area contributed by atoms with Crippen molar-refractivity contribution in [3.8, 4) is 0 Å². The molecule has 0 radical (unpaired) electrons. The van der Waals surface area contributed by atoms with Crippen LogP contribution in [0.4, 0.5) is 5.82 Å². The minimum atomic E-state index is -3.98. The van der Waals surface area contributed by atoms with Crippen LogP contribution in [0.25, 0.3) is 0 Å². The number of hydrogen-bond acceptors (Lipinski definition) is 5. The number of piperidine rings is 1. The maximum atomic E-state index is 12.7. The summed E-state index contributed by atoms with van der Waals surface area (Å²) in [5.74, 6) is -0.464. The number of hydrogen-bond donors (Lipinski definition) is 2. The molecule has 3 heterocycles. The van der Waals surface area contributed by atoms with Crippen LogP contribution in [-0.2, 0) is 28.9 Å². The summed E-state index contributed by atoms with van der Waals surface area (Å²) in [5.41, 5.74) is 5.29. The first kappa shape index (κ1) is 18.1. The number of primary amides is 1. The minimum Gasteiger partial charge on any atom is -0.364 e. The maximum Gasteiger partial charge on any atom is 0.265 e. The van der Waals surface area contributed by atoms with Gasteiger partial charge in [-0.15, -0.1) is 0 Å². The summed E-state index contributed by atoms with van der Waals surface area (Å²) in [7, 11) is -0.742. The summed E-state index contributed by atoms with van der Waals surface area (Å²) in [6.45, 7) is 0.494. The molecule has 26 heavy (non-hydrogen) atoms. The SMILES string of the molecule is Cn1cc(S(=O)(=O)N[C@H]2CCCN(c3ccnn3C)C2=O)cc1C(N)=O. The van der Waals surface area contributed by atoms with E-state index in [9.17, 15) is 18.0 Å². The van der Waals surface area contributed by atoms with E-state index in [1.807, 2.05) is 0 Å². The van der Waals surface area contributed by atoms with Gasteiger partial charge in [-0.25, -0.2) is 8.42 Å². The lowest BCUT2D eigenvalue weighted by molar-refractivity contribution is -0.121. The summed E-state index contributed by atoms with van der Waals surface area (Å²) in [4.78, 5) is 25.5. The largest absolute Gasteiger partial charge is 0.364 e. The van der Waals surface area contributed by atoms with Gasteiger partial charge >= 0.3 is 0 Å². The lowest BCUT2D eigenvalue weighted by Gasteiger charge is -2.32. The molecule has 140 valence electrons. The molecular formula is C15H20N6O4S. The van der Waals surface area contributed by atoms with E-state index in [1.165, 1.54) is 28.8 Å². The number of aromatic nitrogens is 3. The van der Waals surface area contributed by atoms with Gasteiger partial charge in [-0.3, -0.25) is 19.2 Å². The van der Waals surface area contributed by atoms with Crippen molar-refractivity contribution in [1.82, 2.24) is 19.1 Å². The highest BCUT2D eigenvalue weighted by Crippen LogP contribution is 2.22. The van der Waals surface area contributed by atoms with Crippen molar-refractivity contribution >= 4 is 27.7 Å². The fourth-order valence-corrected chi connectivity index (χ4v) is 4.32. The third kappa shape index (κ3) is 3.22. The first-order valence-corrected chi connectivity index (χ1v) is 9.47. The molecule has 0 spiro atoms. The van der Waals surface area contributed by atoms with Crippen LogP contribution >= 0.6 is 0 Å². The highest BCUT2D eigenvalue weighted by Gasteiger charge is 2.34. The average molecular weight is 380 g/mol. The van der Waals surface area contributed by atoms with Crippen LogP contribution in [0, 0.1) is 0 Å². The fraction of sp³-hybridized carbons (Fsp3) is 0.400. The fourth-order valence-electron chi connectivity index (χ4n) is 3.03. The van der Waals surface area contributed by atoms with Crippen LogP contribution < -0.4 is 15.4 Å². The van der Waals surface area contributed by atoms with Crippen LogP contribution in [0.5, 0.6) is 0 Å². The third-order valence-corrected chi connectivity index (χ3v) is 5.79. The van der Waals surface area contributed by atoms with Crippen molar-refractivity contribution in [2.45, 2.75) is 23.8 Å². The molecule has 11 heteroatoms. The molecule has 2 amide bonds. The van der Waals surface area contributed by atoms with Crippen molar-refractivity contribution in [2.75, 3.05) is 11.4 Å². The Hall–Kier alpha value is -2.66. The number of carbonyl (C=O) groups excluding carboxylic acids is 2. The molecule has 0 unspecified atom stereocenters. The van der Waals surface area contributed by atoms with Crippen LogP contribution in [0.1, 0.15) is 23.3 Å². The molecule has 0 aromatic carbocycles. The van der Waals surface area contributed by atoms with Crippen molar-refractivity contribution in [3.63, 3.8) is 0 Å². The van der Waals surface area contributed by atoms with Crippen molar-refractivity contribution in [3.05, 3.63) is 30.2 Å². The summed E-state index contributed by atoms with van der Waals surface area (Å²) in [6.07, 6.45) is 3.90.